The maximum atomic E-state index is 12.3. The van der Waals surface area contributed by atoms with Crippen LogP contribution in [0.15, 0.2) is 30.5 Å². The molecule has 0 aliphatic heterocycles. The Morgan fingerprint density at radius 3 is 2.53 bits per heavy atom. The van der Waals surface area contributed by atoms with Crippen molar-refractivity contribution in [3.8, 4) is 0 Å². The van der Waals surface area contributed by atoms with Crippen LogP contribution < -0.4 is 11.1 Å². The molecule has 1 aromatic heterocycles. The Bertz CT molecular complexity index is 588. The number of carbonyl (C=O) groups excluding carboxylic acids is 1. The van der Waals surface area contributed by atoms with Crippen LogP contribution in [0.5, 0.6) is 0 Å². The molecule has 0 spiro atoms. The molecule has 3 N–H and O–H groups in total. The fourth-order valence-corrected chi connectivity index (χ4v) is 2.57. The molecule has 5 nitrogen and oxygen atoms in total. The van der Waals surface area contributed by atoms with Crippen LogP contribution in [0.25, 0.3) is 0 Å². The molecule has 0 radical (unpaired) electrons. The lowest BCUT2D eigenvalue weighted by atomic mass is 10.1. The first kappa shape index (κ1) is 11.8. The molecule has 1 amide bonds. The van der Waals surface area contributed by atoms with Crippen LogP contribution in [0.1, 0.15) is 11.1 Å². The number of hydrogen-bond donors (Lipinski definition) is 2. The number of nitrogens with zero attached hydrogens (tertiary/aromatic N) is 2. The van der Waals surface area contributed by atoms with E-state index in [0.29, 0.717) is 11.5 Å². The van der Waals surface area contributed by atoms with Crippen molar-refractivity contribution in [3.63, 3.8) is 0 Å². The molecule has 5 heteroatoms. The van der Waals surface area contributed by atoms with Crippen molar-refractivity contribution in [3.05, 3.63) is 41.6 Å². The summed E-state index contributed by atoms with van der Waals surface area (Å²) in [6.45, 7) is 0. The number of anilines is 2. The Labute approximate surface area is 111 Å². The second-order valence-electron chi connectivity index (χ2n) is 4.94. The van der Waals surface area contributed by atoms with Crippen molar-refractivity contribution >= 4 is 17.4 Å². The average Bonchev–Trinajstić information content (AvgIpc) is 2.97. The van der Waals surface area contributed by atoms with Gasteiger partial charge in [-0.05, 0) is 24.0 Å². The molecule has 98 valence electrons. The van der Waals surface area contributed by atoms with Crippen molar-refractivity contribution < 1.29 is 4.79 Å². The summed E-state index contributed by atoms with van der Waals surface area (Å²) in [5, 5.41) is 6.88. The Morgan fingerprint density at radius 2 is 2.00 bits per heavy atom. The monoisotopic (exact) mass is 256 g/mol. The Morgan fingerprint density at radius 1 is 1.37 bits per heavy atom. The van der Waals surface area contributed by atoms with Gasteiger partial charge in [-0.2, -0.15) is 5.10 Å². The molecule has 0 bridgehead atoms. The highest BCUT2D eigenvalue weighted by Gasteiger charge is 2.27. The molecule has 3 rings (SSSR count). The minimum Gasteiger partial charge on any atom is -0.394 e. The summed E-state index contributed by atoms with van der Waals surface area (Å²) < 4.78 is 1.58. The number of benzene rings is 1. The second kappa shape index (κ2) is 4.42. The summed E-state index contributed by atoms with van der Waals surface area (Å²) in [6, 6.07) is 8.19. The second-order valence-corrected chi connectivity index (χ2v) is 4.94. The van der Waals surface area contributed by atoms with E-state index in [9.17, 15) is 4.79 Å². The van der Waals surface area contributed by atoms with Gasteiger partial charge in [-0.3, -0.25) is 9.48 Å². The minimum atomic E-state index is -0.0216. The first-order chi connectivity index (χ1) is 9.15. The van der Waals surface area contributed by atoms with Gasteiger partial charge in [0.25, 0.3) is 0 Å². The molecule has 1 aromatic carbocycles. The van der Waals surface area contributed by atoms with E-state index in [0.717, 1.165) is 12.8 Å². The van der Waals surface area contributed by atoms with E-state index in [-0.39, 0.29) is 11.8 Å². The zero-order chi connectivity index (χ0) is 13.4. The molecular weight excluding hydrogens is 240 g/mol. The first-order valence-corrected chi connectivity index (χ1v) is 6.30. The molecule has 0 atom stereocenters. The topological polar surface area (TPSA) is 72.9 Å². The van der Waals surface area contributed by atoms with Crippen LogP contribution in [-0.4, -0.2) is 15.7 Å². The Kier molecular flexibility index (Phi) is 2.74. The fourth-order valence-electron chi connectivity index (χ4n) is 2.57. The number of amides is 1. The summed E-state index contributed by atoms with van der Waals surface area (Å²) in [6.07, 6.45) is 3.12. The van der Waals surface area contributed by atoms with Gasteiger partial charge in [-0.15, -0.1) is 0 Å². The van der Waals surface area contributed by atoms with Crippen LogP contribution in [0, 0.1) is 5.92 Å². The minimum absolute atomic E-state index is 0.00602. The third-order valence-corrected chi connectivity index (χ3v) is 3.63. The summed E-state index contributed by atoms with van der Waals surface area (Å²) in [7, 11) is 1.76. The zero-order valence-electron chi connectivity index (χ0n) is 10.8. The molecular formula is C14H16N4O. The summed E-state index contributed by atoms with van der Waals surface area (Å²) in [5.41, 5.74) is 8.80. The van der Waals surface area contributed by atoms with Gasteiger partial charge in [0, 0.05) is 13.0 Å². The van der Waals surface area contributed by atoms with E-state index in [1.54, 1.807) is 17.9 Å². The molecule has 0 unspecified atom stereocenters. The zero-order valence-corrected chi connectivity index (χ0v) is 10.8. The molecule has 1 aliphatic rings. The van der Waals surface area contributed by atoms with Gasteiger partial charge in [0.2, 0.25) is 5.91 Å². The van der Waals surface area contributed by atoms with E-state index in [1.807, 2.05) is 12.1 Å². The molecule has 1 heterocycles. The van der Waals surface area contributed by atoms with Crippen LogP contribution >= 0.6 is 0 Å². The van der Waals surface area contributed by atoms with Crippen molar-refractivity contribution in [2.75, 3.05) is 11.1 Å². The number of hydrogen-bond acceptors (Lipinski definition) is 3. The van der Waals surface area contributed by atoms with E-state index in [1.165, 1.54) is 11.1 Å². The summed E-state index contributed by atoms with van der Waals surface area (Å²) >= 11 is 0. The maximum Gasteiger partial charge on any atom is 0.229 e. The lowest BCUT2D eigenvalue weighted by molar-refractivity contribution is -0.119. The van der Waals surface area contributed by atoms with Crippen LogP contribution in [0.2, 0.25) is 0 Å². The standard InChI is InChI=1S/C14H16N4O/c1-18-13(12(15)8-16-18)17-14(19)11-6-9-4-2-3-5-10(9)7-11/h2-5,8,11H,6-7,15H2,1H3,(H,17,19). The predicted molar refractivity (Wildman–Crippen MR) is 73.6 cm³/mol. The highest BCUT2D eigenvalue weighted by atomic mass is 16.2. The third kappa shape index (κ3) is 2.07. The van der Waals surface area contributed by atoms with Crippen molar-refractivity contribution in [1.82, 2.24) is 9.78 Å². The quantitative estimate of drug-likeness (QED) is 0.852. The predicted octanol–water partition coefficient (Wildman–Crippen LogP) is 1.36. The number of nitrogens with one attached hydrogen (secondary N) is 1. The fraction of sp³-hybridized carbons (Fsp3) is 0.286. The molecule has 1 aliphatic carbocycles. The Hall–Kier alpha value is -2.30. The van der Waals surface area contributed by atoms with Gasteiger partial charge < -0.3 is 11.1 Å². The molecule has 0 saturated carbocycles. The first-order valence-electron chi connectivity index (χ1n) is 6.30. The summed E-state index contributed by atoms with van der Waals surface area (Å²) in [5.74, 6) is 0.555. The van der Waals surface area contributed by atoms with Crippen LogP contribution in [0.4, 0.5) is 11.5 Å². The van der Waals surface area contributed by atoms with Crippen LogP contribution in [-0.2, 0) is 24.7 Å². The van der Waals surface area contributed by atoms with Gasteiger partial charge in [0.15, 0.2) is 5.82 Å². The number of nitrogens with two attached hydrogens (primary N) is 1. The average molecular weight is 256 g/mol. The number of fused-ring (bicyclic) bond motifs is 1. The lowest BCUT2D eigenvalue weighted by Gasteiger charge is -2.11. The van der Waals surface area contributed by atoms with Gasteiger partial charge in [0.05, 0.1) is 11.9 Å². The van der Waals surface area contributed by atoms with Gasteiger partial charge >= 0.3 is 0 Å². The number of rotatable bonds is 2. The van der Waals surface area contributed by atoms with E-state index in [4.69, 9.17) is 5.73 Å². The normalized spacial score (nSPS) is 14.4. The number of aryl methyl sites for hydroxylation is 1. The van der Waals surface area contributed by atoms with Crippen molar-refractivity contribution in [2.24, 2.45) is 13.0 Å². The lowest BCUT2D eigenvalue weighted by Crippen LogP contribution is -2.24. The number of nitrogen functional groups attached to an aromatic ring is 1. The van der Waals surface area contributed by atoms with Crippen LogP contribution in [0.3, 0.4) is 0 Å². The van der Waals surface area contributed by atoms with E-state index < -0.39 is 0 Å². The van der Waals surface area contributed by atoms with E-state index in [2.05, 4.69) is 22.5 Å². The van der Waals surface area contributed by atoms with Gasteiger partial charge in [-0.25, -0.2) is 0 Å². The molecule has 0 fully saturated rings. The smallest absolute Gasteiger partial charge is 0.229 e. The number of aromatic nitrogens is 2. The highest BCUT2D eigenvalue weighted by molar-refractivity contribution is 5.95. The highest BCUT2D eigenvalue weighted by Crippen LogP contribution is 2.28. The molecule has 2 aromatic rings. The maximum absolute atomic E-state index is 12.3. The SMILES string of the molecule is Cn1ncc(N)c1NC(=O)C1Cc2ccccc2C1. The van der Waals surface area contributed by atoms with E-state index >= 15 is 0 Å². The largest absolute Gasteiger partial charge is 0.394 e. The van der Waals surface area contributed by atoms with Crippen molar-refractivity contribution in [1.29, 1.82) is 0 Å². The Balaban J connectivity index is 1.74. The van der Waals surface area contributed by atoms with Crippen molar-refractivity contribution in [2.45, 2.75) is 12.8 Å². The van der Waals surface area contributed by atoms with Gasteiger partial charge in [-0.1, -0.05) is 24.3 Å². The summed E-state index contributed by atoms with van der Waals surface area (Å²) in [4.78, 5) is 12.3. The third-order valence-electron chi connectivity index (χ3n) is 3.63. The molecule has 19 heavy (non-hydrogen) atoms. The van der Waals surface area contributed by atoms with Gasteiger partial charge in [0.1, 0.15) is 0 Å². The molecule has 0 saturated heterocycles. The number of carbonyl (C=O) groups is 1.